The highest BCUT2D eigenvalue weighted by molar-refractivity contribution is 14.0. The van der Waals surface area contributed by atoms with Crippen LogP contribution in [0.3, 0.4) is 0 Å². The van der Waals surface area contributed by atoms with Crippen molar-refractivity contribution in [1.29, 1.82) is 0 Å². The molecule has 6 nitrogen and oxygen atoms in total. The predicted molar refractivity (Wildman–Crippen MR) is 114 cm³/mol. The first-order chi connectivity index (χ1) is 11.7. The minimum Gasteiger partial charge on any atom is -0.379 e. The average molecular weight is 462 g/mol. The Hall–Kier alpha value is -1.06. The summed E-state index contributed by atoms with van der Waals surface area (Å²) in [5.41, 5.74) is 2.43. The van der Waals surface area contributed by atoms with E-state index in [1.165, 1.54) is 11.3 Å². The van der Waals surface area contributed by atoms with E-state index in [4.69, 9.17) is 9.47 Å². The molecule has 0 spiro atoms. The maximum Gasteiger partial charge on any atom is 0.191 e. The van der Waals surface area contributed by atoms with Crippen molar-refractivity contribution in [3.8, 4) is 0 Å². The van der Waals surface area contributed by atoms with Crippen LogP contribution >= 0.6 is 24.0 Å². The molecule has 1 aliphatic heterocycles. The number of ether oxygens (including phenoxy) is 2. The summed E-state index contributed by atoms with van der Waals surface area (Å²) in [6, 6.07) is 8.47. The van der Waals surface area contributed by atoms with Crippen molar-refractivity contribution in [2.24, 2.45) is 4.99 Å². The molecule has 1 aromatic carbocycles. The van der Waals surface area contributed by atoms with Crippen LogP contribution in [0.2, 0.25) is 0 Å². The molecule has 0 bridgehead atoms. The molecule has 1 atom stereocenters. The lowest BCUT2D eigenvalue weighted by atomic mass is 10.2. The van der Waals surface area contributed by atoms with Gasteiger partial charge in [0.25, 0.3) is 0 Å². The molecule has 1 fully saturated rings. The van der Waals surface area contributed by atoms with Gasteiger partial charge in [0.2, 0.25) is 0 Å². The quantitative estimate of drug-likeness (QED) is 0.269. The third-order valence-electron chi connectivity index (χ3n) is 3.97. The Morgan fingerprint density at radius 3 is 2.88 bits per heavy atom. The summed E-state index contributed by atoms with van der Waals surface area (Å²) in [4.78, 5) is 6.36. The normalized spacial score (nSPS) is 17.1. The second-order valence-corrected chi connectivity index (χ2v) is 6.13. The number of anilines is 1. The molecule has 1 heterocycles. The third-order valence-corrected chi connectivity index (χ3v) is 3.97. The highest BCUT2D eigenvalue weighted by Crippen LogP contribution is 2.13. The van der Waals surface area contributed by atoms with Gasteiger partial charge in [0.05, 0.1) is 12.7 Å². The third kappa shape index (κ3) is 8.24. The van der Waals surface area contributed by atoms with Crippen LogP contribution in [0.4, 0.5) is 5.69 Å². The van der Waals surface area contributed by atoms with Crippen LogP contribution in [-0.4, -0.2) is 59.6 Å². The van der Waals surface area contributed by atoms with Crippen molar-refractivity contribution in [3.05, 3.63) is 29.8 Å². The number of hydrogen-bond donors (Lipinski definition) is 2. The Morgan fingerprint density at radius 2 is 2.20 bits per heavy atom. The fraction of sp³-hybridized carbons (Fsp3) is 0.611. The van der Waals surface area contributed by atoms with Gasteiger partial charge in [0, 0.05) is 53.1 Å². The molecule has 2 rings (SSSR count). The summed E-state index contributed by atoms with van der Waals surface area (Å²) in [6.07, 6.45) is 2.25. The summed E-state index contributed by atoms with van der Waals surface area (Å²) >= 11 is 0. The molecule has 1 unspecified atom stereocenters. The Balaban J connectivity index is 0.00000312. The van der Waals surface area contributed by atoms with E-state index >= 15 is 0 Å². The largest absolute Gasteiger partial charge is 0.379 e. The zero-order valence-corrected chi connectivity index (χ0v) is 17.8. The van der Waals surface area contributed by atoms with Gasteiger partial charge in [-0.2, -0.15) is 0 Å². The summed E-state index contributed by atoms with van der Waals surface area (Å²) in [7, 11) is 5.89. The molecule has 0 radical (unpaired) electrons. The molecule has 0 aromatic heterocycles. The number of nitrogens with one attached hydrogen (secondary N) is 2. The van der Waals surface area contributed by atoms with Crippen molar-refractivity contribution in [1.82, 2.24) is 10.6 Å². The van der Waals surface area contributed by atoms with Gasteiger partial charge in [-0.05, 0) is 30.5 Å². The van der Waals surface area contributed by atoms with Crippen molar-refractivity contribution in [2.75, 3.05) is 52.4 Å². The molecule has 7 heteroatoms. The van der Waals surface area contributed by atoms with Gasteiger partial charge in [-0.1, -0.05) is 12.1 Å². The second-order valence-electron chi connectivity index (χ2n) is 6.13. The monoisotopic (exact) mass is 462 g/mol. The highest BCUT2D eigenvalue weighted by atomic mass is 127. The lowest BCUT2D eigenvalue weighted by Crippen LogP contribution is -2.37. The number of aliphatic imine (C=N–C) groups is 1. The van der Waals surface area contributed by atoms with Crippen LogP contribution in [0.25, 0.3) is 0 Å². The molecule has 2 N–H and O–H groups in total. The molecule has 1 aliphatic rings. The summed E-state index contributed by atoms with van der Waals surface area (Å²) in [6.45, 7) is 3.91. The van der Waals surface area contributed by atoms with Crippen molar-refractivity contribution < 1.29 is 9.47 Å². The SMILES string of the molecule is CN=C(NCCCOC1CCOC1)NCc1cccc(N(C)C)c1.I. The Bertz CT molecular complexity index is 520. The summed E-state index contributed by atoms with van der Waals surface area (Å²) in [5, 5.41) is 6.66. The standard InChI is InChI=1S/C18H30N4O2.HI/c1-19-18(20-9-5-10-24-17-8-11-23-14-17)21-13-15-6-4-7-16(12-15)22(2)3;/h4,6-7,12,17H,5,8-11,13-14H2,1-3H3,(H2,19,20,21);1H. The van der Waals surface area contributed by atoms with Gasteiger partial charge in [0.15, 0.2) is 5.96 Å². The Morgan fingerprint density at radius 1 is 1.36 bits per heavy atom. The van der Waals surface area contributed by atoms with Gasteiger partial charge < -0.3 is 25.0 Å². The van der Waals surface area contributed by atoms with E-state index in [9.17, 15) is 0 Å². The molecule has 0 aliphatic carbocycles. The number of benzene rings is 1. The average Bonchev–Trinajstić information content (AvgIpc) is 3.11. The minimum absolute atomic E-state index is 0. The van der Waals surface area contributed by atoms with Gasteiger partial charge in [-0.15, -0.1) is 24.0 Å². The lowest BCUT2D eigenvalue weighted by Gasteiger charge is -2.15. The molecule has 25 heavy (non-hydrogen) atoms. The first kappa shape index (κ1) is 22.0. The van der Waals surface area contributed by atoms with E-state index in [2.05, 4.69) is 44.8 Å². The van der Waals surface area contributed by atoms with Crippen molar-refractivity contribution in [3.63, 3.8) is 0 Å². The van der Waals surface area contributed by atoms with Crippen molar-refractivity contribution in [2.45, 2.75) is 25.5 Å². The lowest BCUT2D eigenvalue weighted by molar-refractivity contribution is 0.0420. The Kier molecular flexibility index (Phi) is 10.8. The fourth-order valence-electron chi connectivity index (χ4n) is 2.52. The maximum atomic E-state index is 5.75. The zero-order chi connectivity index (χ0) is 17.2. The summed E-state index contributed by atoms with van der Waals surface area (Å²) < 4.78 is 11.0. The van der Waals surface area contributed by atoms with E-state index in [0.717, 1.165) is 51.7 Å². The number of guanidine groups is 1. The second kappa shape index (κ2) is 12.3. The number of rotatable bonds is 8. The minimum atomic E-state index is 0. The smallest absolute Gasteiger partial charge is 0.191 e. The van der Waals surface area contributed by atoms with E-state index in [-0.39, 0.29) is 30.1 Å². The fourth-order valence-corrected chi connectivity index (χ4v) is 2.52. The van der Waals surface area contributed by atoms with Crippen LogP contribution in [0.1, 0.15) is 18.4 Å². The molecule has 0 amide bonds. The van der Waals surface area contributed by atoms with Gasteiger partial charge >= 0.3 is 0 Å². The van der Waals surface area contributed by atoms with E-state index in [1.54, 1.807) is 7.05 Å². The van der Waals surface area contributed by atoms with Crippen molar-refractivity contribution >= 4 is 35.6 Å². The highest BCUT2D eigenvalue weighted by Gasteiger charge is 2.15. The number of halogens is 1. The van der Waals surface area contributed by atoms with Gasteiger partial charge in [-0.3, -0.25) is 4.99 Å². The number of nitrogens with zero attached hydrogens (tertiary/aromatic N) is 2. The predicted octanol–water partition coefficient (Wildman–Crippen LogP) is 2.23. The molecular weight excluding hydrogens is 431 g/mol. The topological polar surface area (TPSA) is 58.1 Å². The summed E-state index contributed by atoms with van der Waals surface area (Å²) in [5.74, 6) is 0.814. The Labute approximate surface area is 168 Å². The first-order valence-electron chi connectivity index (χ1n) is 8.59. The zero-order valence-electron chi connectivity index (χ0n) is 15.5. The molecule has 1 aromatic rings. The maximum absolute atomic E-state index is 5.75. The van der Waals surface area contributed by atoms with E-state index in [0.29, 0.717) is 0 Å². The van der Waals surface area contributed by atoms with Gasteiger partial charge in [-0.25, -0.2) is 0 Å². The van der Waals surface area contributed by atoms with Crippen LogP contribution in [0.15, 0.2) is 29.3 Å². The molecule has 0 saturated carbocycles. The molecule has 142 valence electrons. The van der Waals surface area contributed by atoms with E-state index in [1.807, 2.05) is 14.1 Å². The van der Waals surface area contributed by atoms with Gasteiger partial charge in [0.1, 0.15) is 0 Å². The first-order valence-corrected chi connectivity index (χ1v) is 8.59. The van der Waals surface area contributed by atoms with Crippen LogP contribution in [0, 0.1) is 0 Å². The van der Waals surface area contributed by atoms with Crippen LogP contribution in [0.5, 0.6) is 0 Å². The van der Waals surface area contributed by atoms with E-state index < -0.39 is 0 Å². The number of hydrogen-bond acceptors (Lipinski definition) is 4. The van der Waals surface area contributed by atoms with Crippen LogP contribution < -0.4 is 15.5 Å². The molecule has 1 saturated heterocycles. The molecular formula is C18H31IN4O2. The van der Waals surface area contributed by atoms with Crippen LogP contribution in [-0.2, 0) is 16.0 Å².